The smallest absolute Gasteiger partial charge is 0.215 e. The van der Waals surface area contributed by atoms with Crippen LogP contribution < -0.4 is 10.5 Å². The molecule has 4 heteroatoms. The lowest BCUT2D eigenvalue weighted by molar-refractivity contribution is 0.0941. The van der Waals surface area contributed by atoms with Crippen molar-refractivity contribution in [3.8, 4) is 5.88 Å². The van der Waals surface area contributed by atoms with Crippen molar-refractivity contribution in [3.05, 3.63) is 23.9 Å². The normalized spacial score (nSPS) is 9.64. The van der Waals surface area contributed by atoms with Gasteiger partial charge in [-0.3, -0.25) is 0 Å². The van der Waals surface area contributed by atoms with Gasteiger partial charge in [0.1, 0.15) is 0 Å². The van der Waals surface area contributed by atoms with Gasteiger partial charge in [-0.1, -0.05) is 6.07 Å². The molecule has 0 aromatic carbocycles. The second-order valence-electron chi connectivity index (χ2n) is 1.98. The molecule has 1 aromatic heterocycles. The fourth-order valence-electron chi connectivity index (χ4n) is 0.683. The van der Waals surface area contributed by atoms with E-state index >= 15 is 0 Å². The Balaban J connectivity index is 2.66. The Morgan fingerprint density at radius 3 is 2.82 bits per heavy atom. The maximum Gasteiger partial charge on any atom is 0.215 e. The van der Waals surface area contributed by atoms with Crippen molar-refractivity contribution in [1.82, 2.24) is 4.98 Å². The first-order valence-electron chi connectivity index (χ1n) is 3.25. The zero-order valence-corrected chi connectivity index (χ0v) is 6.03. The fraction of sp³-hybridized carbons (Fsp3) is 0.286. The summed E-state index contributed by atoms with van der Waals surface area (Å²) < 4.78 is 4.71. The first kappa shape index (κ1) is 7.97. The van der Waals surface area contributed by atoms with Crippen molar-refractivity contribution in [3.63, 3.8) is 0 Å². The van der Waals surface area contributed by atoms with Gasteiger partial charge < -0.3 is 15.6 Å². The van der Waals surface area contributed by atoms with E-state index in [1.807, 2.05) is 0 Å². The van der Waals surface area contributed by atoms with E-state index in [0.717, 1.165) is 5.56 Å². The van der Waals surface area contributed by atoms with Crippen LogP contribution in [0, 0.1) is 0 Å². The molecule has 0 fully saturated rings. The van der Waals surface area contributed by atoms with E-state index in [1.54, 1.807) is 18.3 Å². The number of aliphatic hydroxyl groups excluding tert-OH is 1. The topological polar surface area (TPSA) is 68.4 Å². The lowest BCUT2D eigenvalue weighted by Gasteiger charge is -2.00. The van der Waals surface area contributed by atoms with E-state index in [4.69, 9.17) is 15.6 Å². The van der Waals surface area contributed by atoms with Crippen molar-refractivity contribution in [1.29, 1.82) is 0 Å². The van der Waals surface area contributed by atoms with Gasteiger partial charge in [-0.15, -0.1) is 0 Å². The van der Waals surface area contributed by atoms with Gasteiger partial charge in [-0.2, -0.15) is 0 Å². The molecule has 0 aliphatic carbocycles. The van der Waals surface area contributed by atoms with Crippen LogP contribution in [0.2, 0.25) is 0 Å². The third-order valence-corrected chi connectivity index (χ3v) is 1.25. The third kappa shape index (κ3) is 2.18. The number of hydrogen-bond acceptors (Lipinski definition) is 4. The molecule has 0 atom stereocenters. The number of rotatable bonds is 3. The highest BCUT2D eigenvalue weighted by Gasteiger charge is 1.92. The van der Waals surface area contributed by atoms with Crippen LogP contribution in [0.25, 0.3) is 0 Å². The van der Waals surface area contributed by atoms with Crippen molar-refractivity contribution < 1.29 is 9.84 Å². The molecule has 1 rings (SSSR count). The Morgan fingerprint density at radius 2 is 2.36 bits per heavy atom. The molecule has 0 saturated heterocycles. The largest absolute Gasteiger partial charge is 0.451 e. The SMILES string of the molecule is NCc1ccc(OCO)nc1. The van der Waals surface area contributed by atoms with Gasteiger partial charge in [-0.05, 0) is 5.56 Å². The van der Waals surface area contributed by atoms with Crippen molar-refractivity contribution in [2.75, 3.05) is 6.79 Å². The highest BCUT2D eigenvalue weighted by Crippen LogP contribution is 2.05. The number of hydrogen-bond donors (Lipinski definition) is 2. The predicted octanol–water partition coefficient (Wildman–Crippen LogP) is -0.131. The summed E-state index contributed by atoms with van der Waals surface area (Å²) in [4.78, 5) is 3.88. The van der Waals surface area contributed by atoms with E-state index in [9.17, 15) is 0 Å². The maximum atomic E-state index is 8.36. The van der Waals surface area contributed by atoms with E-state index in [-0.39, 0.29) is 6.79 Å². The molecular formula is C7H10N2O2. The van der Waals surface area contributed by atoms with Gasteiger partial charge in [0, 0.05) is 18.8 Å². The number of aromatic nitrogens is 1. The molecule has 4 nitrogen and oxygen atoms in total. The van der Waals surface area contributed by atoms with Crippen molar-refractivity contribution in [2.45, 2.75) is 6.54 Å². The molecule has 0 saturated carbocycles. The minimum Gasteiger partial charge on any atom is -0.451 e. The Hall–Kier alpha value is -1.13. The summed E-state index contributed by atoms with van der Waals surface area (Å²) in [6, 6.07) is 3.47. The molecule has 60 valence electrons. The first-order valence-corrected chi connectivity index (χ1v) is 3.25. The molecular weight excluding hydrogens is 144 g/mol. The number of ether oxygens (including phenoxy) is 1. The summed E-state index contributed by atoms with van der Waals surface area (Å²) in [6.07, 6.45) is 1.62. The van der Waals surface area contributed by atoms with Crippen molar-refractivity contribution >= 4 is 0 Å². The lowest BCUT2D eigenvalue weighted by Crippen LogP contribution is -1.99. The standard InChI is InChI=1S/C7H10N2O2/c8-3-6-1-2-7(9-4-6)11-5-10/h1-2,4,10H,3,5,8H2. The lowest BCUT2D eigenvalue weighted by atomic mass is 10.3. The molecule has 0 radical (unpaired) electrons. The van der Waals surface area contributed by atoms with E-state index in [1.165, 1.54) is 0 Å². The van der Waals surface area contributed by atoms with Gasteiger partial charge in [-0.25, -0.2) is 4.98 Å². The number of nitrogens with two attached hydrogens (primary N) is 1. The van der Waals surface area contributed by atoms with Crippen LogP contribution in [0.4, 0.5) is 0 Å². The van der Waals surface area contributed by atoms with Crippen LogP contribution in [-0.2, 0) is 6.54 Å². The van der Waals surface area contributed by atoms with Crippen LogP contribution in [0.1, 0.15) is 5.56 Å². The van der Waals surface area contributed by atoms with Gasteiger partial charge in [0.05, 0.1) is 0 Å². The number of aliphatic hydroxyl groups is 1. The van der Waals surface area contributed by atoms with Crippen LogP contribution in [-0.4, -0.2) is 16.9 Å². The zero-order valence-electron chi connectivity index (χ0n) is 6.03. The van der Waals surface area contributed by atoms with Crippen LogP contribution in [0.15, 0.2) is 18.3 Å². The van der Waals surface area contributed by atoms with Gasteiger partial charge >= 0.3 is 0 Å². The molecule has 0 bridgehead atoms. The van der Waals surface area contributed by atoms with Crippen LogP contribution in [0.3, 0.4) is 0 Å². The average molecular weight is 154 g/mol. The Morgan fingerprint density at radius 1 is 1.55 bits per heavy atom. The molecule has 3 N–H and O–H groups in total. The van der Waals surface area contributed by atoms with E-state index < -0.39 is 0 Å². The maximum absolute atomic E-state index is 8.36. The second kappa shape index (κ2) is 3.90. The molecule has 0 aliphatic rings. The predicted molar refractivity (Wildman–Crippen MR) is 39.8 cm³/mol. The third-order valence-electron chi connectivity index (χ3n) is 1.25. The van der Waals surface area contributed by atoms with Crippen LogP contribution >= 0.6 is 0 Å². The molecule has 0 unspecified atom stereocenters. The number of pyridine rings is 1. The Labute approximate surface area is 64.6 Å². The molecule has 11 heavy (non-hydrogen) atoms. The Kier molecular flexibility index (Phi) is 2.83. The van der Waals surface area contributed by atoms with E-state index in [0.29, 0.717) is 12.4 Å². The minimum atomic E-state index is -0.352. The molecule has 1 aromatic rings. The molecule has 0 aliphatic heterocycles. The van der Waals surface area contributed by atoms with Gasteiger partial charge in [0.15, 0.2) is 6.79 Å². The quantitative estimate of drug-likeness (QED) is 0.595. The van der Waals surface area contributed by atoms with Gasteiger partial charge in [0.25, 0.3) is 0 Å². The summed E-state index contributed by atoms with van der Waals surface area (Å²) >= 11 is 0. The summed E-state index contributed by atoms with van der Waals surface area (Å²) in [5.74, 6) is 0.407. The Bertz CT molecular complexity index is 210. The summed E-state index contributed by atoms with van der Waals surface area (Å²) in [7, 11) is 0. The summed E-state index contributed by atoms with van der Waals surface area (Å²) in [5.41, 5.74) is 6.28. The molecule has 0 amide bonds. The zero-order chi connectivity index (χ0) is 8.10. The van der Waals surface area contributed by atoms with Crippen LogP contribution in [0.5, 0.6) is 5.88 Å². The molecule has 0 spiro atoms. The summed E-state index contributed by atoms with van der Waals surface area (Å²) in [5, 5.41) is 8.36. The highest BCUT2D eigenvalue weighted by molar-refractivity contribution is 5.17. The monoisotopic (exact) mass is 154 g/mol. The summed E-state index contributed by atoms with van der Waals surface area (Å²) in [6.45, 7) is 0.112. The fourth-order valence-corrected chi connectivity index (χ4v) is 0.683. The van der Waals surface area contributed by atoms with Gasteiger partial charge in [0.2, 0.25) is 5.88 Å². The molecule has 1 heterocycles. The minimum absolute atomic E-state index is 0.352. The highest BCUT2D eigenvalue weighted by atomic mass is 16.6. The van der Waals surface area contributed by atoms with Crippen molar-refractivity contribution in [2.24, 2.45) is 5.73 Å². The van der Waals surface area contributed by atoms with E-state index in [2.05, 4.69) is 4.98 Å². The average Bonchev–Trinajstić information content (AvgIpc) is 2.07. The number of nitrogens with zero attached hydrogens (tertiary/aromatic N) is 1. The first-order chi connectivity index (χ1) is 5.36. The second-order valence-corrected chi connectivity index (χ2v) is 1.98.